The average Bonchev–Trinajstić information content (AvgIpc) is 3.02. The molecule has 1 heterocycles. The number of unbranched alkanes of at least 4 members (excludes halogenated alkanes) is 2. The van der Waals surface area contributed by atoms with E-state index >= 15 is 0 Å². The molecule has 1 atom stereocenters. The van der Waals surface area contributed by atoms with Gasteiger partial charge in [-0.3, -0.25) is 0 Å². The van der Waals surface area contributed by atoms with E-state index in [0.29, 0.717) is 0 Å². The van der Waals surface area contributed by atoms with Crippen LogP contribution >= 0.6 is 0 Å². The smallest absolute Gasteiger partial charge is 0.407 e. The number of benzene rings is 1. The Balaban J connectivity index is 1.75. The highest BCUT2D eigenvalue weighted by molar-refractivity contribution is 5.68. The third kappa shape index (κ3) is 7.12. The van der Waals surface area contributed by atoms with Gasteiger partial charge < -0.3 is 26.0 Å². The number of anilines is 2. The largest absolute Gasteiger partial charge is 0.444 e. The maximum absolute atomic E-state index is 11.9. The maximum atomic E-state index is 11.9. The number of nitrogens with zero attached hydrogens (tertiary/aromatic N) is 1. The number of rotatable bonds is 8. The van der Waals surface area contributed by atoms with Gasteiger partial charge >= 0.3 is 6.09 Å². The number of alkyl carbamates (subject to hydrolysis) is 1. The second-order valence-corrected chi connectivity index (χ2v) is 7.90. The molecule has 26 heavy (non-hydrogen) atoms. The molecule has 0 spiro atoms. The highest BCUT2D eigenvalue weighted by Crippen LogP contribution is 2.22. The van der Waals surface area contributed by atoms with Gasteiger partial charge in [-0.05, 0) is 70.8 Å². The molecule has 6 heteroatoms. The molecular weight excluding hydrogens is 328 g/mol. The number of hydrogen-bond acceptors (Lipinski definition) is 5. The van der Waals surface area contributed by atoms with Crippen LogP contribution in [0, 0.1) is 0 Å². The molecule has 1 aromatic carbocycles. The number of ether oxygens (including phenoxy) is 1. The third-order valence-corrected chi connectivity index (χ3v) is 4.35. The van der Waals surface area contributed by atoms with Crippen molar-refractivity contribution in [1.82, 2.24) is 5.32 Å². The second kappa shape index (κ2) is 9.67. The lowest BCUT2D eigenvalue weighted by atomic mass is 10.2. The van der Waals surface area contributed by atoms with Gasteiger partial charge in [0.05, 0.1) is 6.04 Å². The van der Waals surface area contributed by atoms with Crippen molar-refractivity contribution < 1.29 is 9.53 Å². The fraction of sp³-hybridized carbons (Fsp3) is 0.650. The van der Waals surface area contributed by atoms with Crippen LogP contribution < -0.4 is 21.3 Å². The standard InChI is InChI=1S/C20H34N4O2/c1-20(2,3)26-19(25)23-17-11-14-24(15-17)18-9-7-16(8-10-18)22-13-6-4-5-12-21/h7-10,17,22H,4-6,11-15,21H2,1-3H3,(H,23,25). The molecule has 0 radical (unpaired) electrons. The van der Waals surface area contributed by atoms with Crippen LogP contribution in [0.1, 0.15) is 46.5 Å². The highest BCUT2D eigenvalue weighted by Gasteiger charge is 2.26. The van der Waals surface area contributed by atoms with Crippen molar-refractivity contribution in [2.75, 3.05) is 36.4 Å². The summed E-state index contributed by atoms with van der Waals surface area (Å²) in [5, 5.41) is 6.41. The summed E-state index contributed by atoms with van der Waals surface area (Å²) < 4.78 is 5.33. The van der Waals surface area contributed by atoms with E-state index in [9.17, 15) is 4.79 Å². The molecular formula is C20H34N4O2. The number of hydrogen-bond donors (Lipinski definition) is 3. The molecule has 1 saturated heterocycles. The topological polar surface area (TPSA) is 79.6 Å². The van der Waals surface area contributed by atoms with E-state index in [1.165, 1.54) is 12.1 Å². The summed E-state index contributed by atoms with van der Waals surface area (Å²) in [7, 11) is 0. The van der Waals surface area contributed by atoms with Gasteiger partial charge in [0.15, 0.2) is 0 Å². The molecule has 2 rings (SSSR count). The van der Waals surface area contributed by atoms with Crippen LogP contribution in [0.4, 0.5) is 16.2 Å². The molecule has 4 N–H and O–H groups in total. The first kappa shape index (κ1) is 20.4. The predicted molar refractivity (Wildman–Crippen MR) is 108 cm³/mol. The normalized spacial score (nSPS) is 17.2. The minimum Gasteiger partial charge on any atom is -0.444 e. The number of nitrogens with two attached hydrogens (primary N) is 1. The Morgan fingerprint density at radius 1 is 1.23 bits per heavy atom. The van der Waals surface area contributed by atoms with E-state index in [-0.39, 0.29) is 12.1 Å². The Morgan fingerprint density at radius 2 is 1.96 bits per heavy atom. The van der Waals surface area contributed by atoms with Crippen molar-refractivity contribution >= 4 is 17.5 Å². The summed E-state index contributed by atoms with van der Waals surface area (Å²) in [6, 6.07) is 8.64. The molecule has 1 aromatic rings. The predicted octanol–water partition coefficient (Wildman–Crippen LogP) is 3.33. The number of carbonyl (C=O) groups excluding carboxylic acids is 1. The summed E-state index contributed by atoms with van der Waals surface area (Å²) in [5.41, 5.74) is 7.37. The van der Waals surface area contributed by atoms with Crippen molar-refractivity contribution in [2.24, 2.45) is 5.73 Å². The summed E-state index contributed by atoms with van der Waals surface area (Å²) in [5.74, 6) is 0. The fourth-order valence-electron chi connectivity index (χ4n) is 3.06. The van der Waals surface area contributed by atoms with Crippen LogP contribution in [0.2, 0.25) is 0 Å². The van der Waals surface area contributed by atoms with Crippen molar-refractivity contribution in [2.45, 2.75) is 58.1 Å². The summed E-state index contributed by atoms with van der Waals surface area (Å²) >= 11 is 0. The minimum atomic E-state index is -0.463. The number of carbonyl (C=O) groups is 1. The first-order valence-electron chi connectivity index (χ1n) is 9.66. The van der Waals surface area contributed by atoms with E-state index in [2.05, 4.69) is 39.8 Å². The van der Waals surface area contributed by atoms with Gasteiger partial charge in [0.25, 0.3) is 0 Å². The van der Waals surface area contributed by atoms with E-state index < -0.39 is 5.60 Å². The van der Waals surface area contributed by atoms with Crippen LogP contribution in [0.15, 0.2) is 24.3 Å². The number of amides is 1. The summed E-state index contributed by atoms with van der Waals surface area (Å²) in [6.45, 7) is 9.13. The average molecular weight is 363 g/mol. The van der Waals surface area contributed by atoms with Crippen LogP contribution in [0.25, 0.3) is 0 Å². The van der Waals surface area contributed by atoms with Gasteiger partial charge in [0.1, 0.15) is 5.60 Å². The first-order chi connectivity index (χ1) is 12.4. The van der Waals surface area contributed by atoms with Gasteiger partial charge in [-0.1, -0.05) is 6.42 Å². The molecule has 1 aliphatic rings. The van der Waals surface area contributed by atoms with Gasteiger partial charge in [-0.15, -0.1) is 0 Å². The quantitative estimate of drug-likeness (QED) is 0.618. The molecule has 1 aliphatic heterocycles. The van der Waals surface area contributed by atoms with E-state index in [1.807, 2.05) is 20.8 Å². The Hall–Kier alpha value is -1.95. The summed E-state index contributed by atoms with van der Waals surface area (Å²) in [4.78, 5) is 14.2. The lowest BCUT2D eigenvalue weighted by Gasteiger charge is -2.22. The zero-order chi connectivity index (χ0) is 19.0. The van der Waals surface area contributed by atoms with Gasteiger partial charge in [-0.2, -0.15) is 0 Å². The number of nitrogens with one attached hydrogen (secondary N) is 2. The molecule has 1 fully saturated rings. The second-order valence-electron chi connectivity index (χ2n) is 7.90. The summed E-state index contributed by atoms with van der Waals surface area (Å²) in [6.07, 6.45) is 4.00. The lowest BCUT2D eigenvalue weighted by molar-refractivity contribution is 0.0509. The van der Waals surface area contributed by atoms with Gasteiger partial charge in [-0.25, -0.2) is 4.79 Å². The fourth-order valence-corrected chi connectivity index (χ4v) is 3.06. The van der Waals surface area contributed by atoms with Crippen LogP contribution in [-0.2, 0) is 4.74 Å². The Bertz CT molecular complexity index is 554. The van der Waals surface area contributed by atoms with Crippen molar-refractivity contribution in [3.63, 3.8) is 0 Å². The Morgan fingerprint density at radius 3 is 2.62 bits per heavy atom. The maximum Gasteiger partial charge on any atom is 0.407 e. The molecule has 6 nitrogen and oxygen atoms in total. The first-order valence-corrected chi connectivity index (χ1v) is 9.66. The lowest BCUT2D eigenvalue weighted by Crippen LogP contribution is -2.40. The zero-order valence-electron chi connectivity index (χ0n) is 16.4. The van der Waals surface area contributed by atoms with Crippen molar-refractivity contribution in [3.8, 4) is 0 Å². The van der Waals surface area contributed by atoms with Crippen molar-refractivity contribution in [1.29, 1.82) is 0 Å². The van der Waals surface area contributed by atoms with E-state index in [0.717, 1.165) is 51.1 Å². The SMILES string of the molecule is CC(C)(C)OC(=O)NC1CCN(c2ccc(NCCCCCN)cc2)C1. The monoisotopic (exact) mass is 362 g/mol. The molecule has 1 unspecified atom stereocenters. The molecule has 0 bridgehead atoms. The Kier molecular flexibility index (Phi) is 7.57. The van der Waals surface area contributed by atoms with Crippen LogP contribution in [0.3, 0.4) is 0 Å². The zero-order valence-corrected chi connectivity index (χ0v) is 16.4. The van der Waals surface area contributed by atoms with Crippen molar-refractivity contribution in [3.05, 3.63) is 24.3 Å². The Labute approximate surface area is 157 Å². The molecule has 1 amide bonds. The van der Waals surface area contributed by atoms with Gasteiger partial charge in [0.2, 0.25) is 0 Å². The van der Waals surface area contributed by atoms with Crippen LogP contribution in [-0.4, -0.2) is 43.9 Å². The third-order valence-electron chi connectivity index (χ3n) is 4.35. The highest BCUT2D eigenvalue weighted by atomic mass is 16.6. The molecule has 146 valence electrons. The molecule has 0 aliphatic carbocycles. The molecule has 0 aromatic heterocycles. The van der Waals surface area contributed by atoms with Crippen LogP contribution in [0.5, 0.6) is 0 Å². The van der Waals surface area contributed by atoms with E-state index in [4.69, 9.17) is 10.5 Å². The molecule has 0 saturated carbocycles. The minimum absolute atomic E-state index is 0.130. The van der Waals surface area contributed by atoms with Gasteiger partial charge in [0, 0.05) is 31.0 Å². The van der Waals surface area contributed by atoms with E-state index in [1.54, 1.807) is 0 Å².